The lowest BCUT2D eigenvalue weighted by atomic mass is 10.1. The van der Waals surface area contributed by atoms with E-state index in [4.69, 9.17) is 9.47 Å². The second kappa shape index (κ2) is 43.8. The Bertz CT molecular complexity index is 787. The summed E-state index contributed by atoms with van der Waals surface area (Å²) in [6, 6.07) is 0. The Morgan fingerprint density at radius 3 is 1.08 bits per heavy atom. The number of carbonyl (C=O) groups excluding carboxylic acids is 2. The lowest BCUT2D eigenvalue weighted by molar-refractivity contribution is -0.159. The van der Waals surface area contributed by atoms with Crippen LogP contribution < -0.4 is 0 Å². The Kier molecular flexibility index (Phi) is 42.5. The minimum Gasteiger partial charge on any atom is -0.462 e. The van der Waals surface area contributed by atoms with Gasteiger partial charge in [-0.25, -0.2) is 0 Å². The molecule has 4 heteroatoms. The van der Waals surface area contributed by atoms with E-state index in [0.717, 1.165) is 44.9 Å². The predicted octanol–water partition coefficient (Wildman–Crippen LogP) is 16.0. The standard InChI is InChI=1S/C48H90O4/c1-4-7-10-13-16-19-21-23-25-27-29-31-34-37-40-43-47(49)51-45-46(42-39-36-33-18-15-12-9-6-3)52-48(50)44-41-38-35-32-30-28-26-24-22-20-17-14-11-8-5-2/h23-26,46H,4-22,27-45H2,1-3H3/b25-23+,26-24+. The van der Waals surface area contributed by atoms with E-state index >= 15 is 0 Å². The zero-order valence-corrected chi connectivity index (χ0v) is 35.4. The molecule has 4 nitrogen and oxygen atoms in total. The van der Waals surface area contributed by atoms with Gasteiger partial charge in [0.1, 0.15) is 12.7 Å². The summed E-state index contributed by atoms with van der Waals surface area (Å²) >= 11 is 0. The minimum absolute atomic E-state index is 0.129. The molecule has 0 fully saturated rings. The molecule has 0 rings (SSSR count). The normalized spacial score (nSPS) is 12.3. The fourth-order valence-corrected chi connectivity index (χ4v) is 6.87. The summed E-state index contributed by atoms with van der Waals surface area (Å²) in [6.07, 6.45) is 53.2. The SMILES string of the molecule is CCCCCCCC/C=C/CCCCCCCC(=O)OCC(CCCCCCCCCC)OC(=O)CCCCCCC/C=C/CCCCCCCC. The van der Waals surface area contributed by atoms with Crippen molar-refractivity contribution in [3.05, 3.63) is 24.3 Å². The van der Waals surface area contributed by atoms with Crippen molar-refractivity contribution in [2.24, 2.45) is 0 Å². The number of unbranched alkanes of at least 4 members (excludes halogenated alkanes) is 29. The van der Waals surface area contributed by atoms with Gasteiger partial charge in [0.2, 0.25) is 0 Å². The molecule has 0 aliphatic heterocycles. The van der Waals surface area contributed by atoms with E-state index in [9.17, 15) is 9.59 Å². The summed E-state index contributed by atoms with van der Waals surface area (Å²) in [7, 11) is 0. The van der Waals surface area contributed by atoms with Crippen LogP contribution in [-0.4, -0.2) is 24.6 Å². The van der Waals surface area contributed by atoms with Crippen LogP contribution in [0.1, 0.15) is 258 Å². The molecule has 1 atom stereocenters. The van der Waals surface area contributed by atoms with Crippen LogP contribution in [0.2, 0.25) is 0 Å². The van der Waals surface area contributed by atoms with Gasteiger partial charge >= 0.3 is 11.9 Å². The van der Waals surface area contributed by atoms with E-state index in [-0.39, 0.29) is 24.6 Å². The average Bonchev–Trinajstić information content (AvgIpc) is 3.14. The summed E-state index contributed by atoms with van der Waals surface area (Å²) in [6.45, 7) is 7.01. The van der Waals surface area contributed by atoms with Gasteiger partial charge in [-0.05, 0) is 77.0 Å². The van der Waals surface area contributed by atoms with E-state index in [1.807, 2.05) is 0 Å². The highest BCUT2D eigenvalue weighted by Gasteiger charge is 2.17. The third-order valence-electron chi connectivity index (χ3n) is 10.4. The number of allylic oxidation sites excluding steroid dienone is 4. The molecule has 0 aromatic rings. The number of carbonyl (C=O) groups is 2. The second-order valence-electron chi connectivity index (χ2n) is 15.7. The molecule has 0 aliphatic carbocycles. The Balaban J connectivity index is 4.12. The van der Waals surface area contributed by atoms with E-state index in [0.29, 0.717) is 12.8 Å². The van der Waals surface area contributed by atoms with Crippen LogP contribution in [0.15, 0.2) is 24.3 Å². The van der Waals surface area contributed by atoms with Crippen LogP contribution in [0.25, 0.3) is 0 Å². The van der Waals surface area contributed by atoms with E-state index in [1.54, 1.807) is 0 Å². The third-order valence-corrected chi connectivity index (χ3v) is 10.4. The zero-order chi connectivity index (χ0) is 37.8. The molecule has 0 heterocycles. The van der Waals surface area contributed by atoms with Crippen LogP contribution >= 0.6 is 0 Å². The summed E-state index contributed by atoms with van der Waals surface area (Å²) < 4.78 is 11.5. The molecule has 0 aromatic heterocycles. The first kappa shape index (κ1) is 50.4. The highest BCUT2D eigenvalue weighted by Crippen LogP contribution is 2.16. The van der Waals surface area contributed by atoms with Crippen LogP contribution in [0.3, 0.4) is 0 Å². The number of ether oxygens (including phenoxy) is 2. The van der Waals surface area contributed by atoms with Crippen LogP contribution in [0, 0.1) is 0 Å². The van der Waals surface area contributed by atoms with Gasteiger partial charge in [-0.15, -0.1) is 0 Å². The Labute approximate surface area is 325 Å². The van der Waals surface area contributed by atoms with Gasteiger partial charge in [-0.1, -0.05) is 193 Å². The first-order valence-corrected chi connectivity index (χ1v) is 23.3. The minimum atomic E-state index is -0.311. The van der Waals surface area contributed by atoms with Crippen molar-refractivity contribution >= 4 is 11.9 Å². The van der Waals surface area contributed by atoms with Gasteiger partial charge in [-0.2, -0.15) is 0 Å². The second-order valence-corrected chi connectivity index (χ2v) is 15.7. The van der Waals surface area contributed by atoms with Gasteiger partial charge in [0.25, 0.3) is 0 Å². The smallest absolute Gasteiger partial charge is 0.306 e. The molecule has 0 radical (unpaired) electrons. The van der Waals surface area contributed by atoms with E-state index < -0.39 is 0 Å². The van der Waals surface area contributed by atoms with E-state index in [2.05, 4.69) is 45.1 Å². The van der Waals surface area contributed by atoms with Crippen LogP contribution in [0.4, 0.5) is 0 Å². The fraction of sp³-hybridized carbons (Fsp3) is 0.875. The van der Waals surface area contributed by atoms with Gasteiger partial charge < -0.3 is 9.47 Å². The van der Waals surface area contributed by atoms with Crippen molar-refractivity contribution in [2.45, 2.75) is 264 Å². The number of hydrogen-bond acceptors (Lipinski definition) is 4. The lowest BCUT2D eigenvalue weighted by Crippen LogP contribution is -2.25. The first-order valence-electron chi connectivity index (χ1n) is 23.3. The molecule has 52 heavy (non-hydrogen) atoms. The molecule has 0 spiro atoms. The average molecular weight is 731 g/mol. The van der Waals surface area contributed by atoms with Gasteiger partial charge in [-0.3, -0.25) is 9.59 Å². The maximum absolute atomic E-state index is 12.7. The summed E-state index contributed by atoms with van der Waals surface area (Å²) in [5, 5.41) is 0. The van der Waals surface area contributed by atoms with Crippen molar-refractivity contribution in [2.75, 3.05) is 6.61 Å². The zero-order valence-electron chi connectivity index (χ0n) is 35.4. The monoisotopic (exact) mass is 731 g/mol. The number of esters is 2. The molecule has 0 amide bonds. The topological polar surface area (TPSA) is 52.6 Å². The molecule has 0 aromatic carbocycles. The van der Waals surface area contributed by atoms with Gasteiger partial charge in [0.05, 0.1) is 0 Å². The summed E-state index contributed by atoms with van der Waals surface area (Å²) in [5.74, 6) is -0.276. The van der Waals surface area contributed by atoms with Crippen molar-refractivity contribution in [1.29, 1.82) is 0 Å². The van der Waals surface area contributed by atoms with E-state index in [1.165, 1.54) is 180 Å². The molecule has 0 aliphatic rings. The van der Waals surface area contributed by atoms with Crippen LogP contribution in [-0.2, 0) is 19.1 Å². The highest BCUT2D eigenvalue weighted by atomic mass is 16.6. The number of hydrogen-bond donors (Lipinski definition) is 0. The Morgan fingerprint density at radius 2 is 0.692 bits per heavy atom. The lowest BCUT2D eigenvalue weighted by Gasteiger charge is -2.18. The largest absolute Gasteiger partial charge is 0.462 e. The van der Waals surface area contributed by atoms with Crippen molar-refractivity contribution in [1.82, 2.24) is 0 Å². The van der Waals surface area contributed by atoms with Gasteiger partial charge in [0.15, 0.2) is 0 Å². The summed E-state index contributed by atoms with van der Waals surface area (Å²) in [5.41, 5.74) is 0. The molecule has 306 valence electrons. The molecule has 0 N–H and O–H groups in total. The van der Waals surface area contributed by atoms with Crippen molar-refractivity contribution < 1.29 is 19.1 Å². The maximum atomic E-state index is 12.7. The first-order chi connectivity index (χ1) is 25.6. The van der Waals surface area contributed by atoms with Crippen LogP contribution in [0.5, 0.6) is 0 Å². The number of rotatable bonds is 42. The molecule has 0 bridgehead atoms. The molecular weight excluding hydrogens is 641 g/mol. The van der Waals surface area contributed by atoms with Crippen molar-refractivity contribution in [3.8, 4) is 0 Å². The maximum Gasteiger partial charge on any atom is 0.306 e. The summed E-state index contributed by atoms with van der Waals surface area (Å²) in [4.78, 5) is 25.2. The Morgan fingerprint density at radius 1 is 0.385 bits per heavy atom. The van der Waals surface area contributed by atoms with Gasteiger partial charge in [0, 0.05) is 12.8 Å². The fourth-order valence-electron chi connectivity index (χ4n) is 6.87. The quantitative estimate of drug-likeness (QED) is 0.0356. The molecule has 0 saturated carbocycles. The molecule has 1 unspecified atom stereocenters. The molecular formula is C48H90O4. The van der Waals surface area contributed by atoms with Crippen molar-refractivity contribution in [3.63, 3.8) is 0 Å². The Hall–Kier alpha value is -1.58. The predicted molar refractivity (Wildman–Crippen MR) is 227 cm³/mol. The molecule has 0 saturated heterocycles. The third kappa shape index (κ3) is 41.2. The highest BCUT2D eigenvalue weighted by molar-refractivity contribution is 5.70.